The second-order valence-corrected chi connectivity index (χ2v) is 15.6. The minimum absolute atomic E-state index is 0.101. The zero-order chi connectivity index (χ0) is 42.3. The first-order valence-corrected chi connectivity index (χ1v) is 23.9. The molecule has 0 N–H and O–H groups in total. The molecule has 0 rings (SSSR count). The number of carbonyl (C=O) groups excluding carboxylic acids is 3. The van der Waals surface area contributed by atoms with E-state index in [-0.39, 0.29) is 37.5 Å². The molecule has 6 nitrogen and oxygen atoms in total. The van der Waals surface area contributed by atoms with Crippen molar-refractivity contribution in [1.82, 2.24) is 0 Å². The molecule has 0 aromatic heterocycles. The van der Waals surface area contributed by atoms with E-state index < -0.39 is 6.10 Å². The SMILES string of the molecule is CC/C=C\C/C=C\C/C=C\C/C=C\C/C=C\CCCC(=O)OC(COC(=O)CCCCCCC)COC(=O)CCCCCCCCC/C=C\CCCCCCCCC. The van der Waals surface area contributed by atoms with Gasteiger partial charge in [-0.1, -0.05) is 190 Å². The van der Waals surface area contributed by atoms with Gasteiger partial charge in [-0.15, -0.1) is 0 Å². The summed E-state index contributed by atoms with van der Waals surface area (Å²) in [6.07, 6.45) is 57.8. The van der Waals surface area contributed by atoms with Crippen LogP contribution in [-0.2, 0) is 28.6 Å². The molecule has 0 bridgehead atoms. The van der Waals surface area contributed by atoms with E-state index in [9.17, 15) is 14.4 Å². The summed E-state index contributed by atoms with van der Waals surface area (Å²) in [4.78, 5) is 37.5. The predicted octanol–water partition coefficient (Wildman–Crippen LogP) is 15.5. The Kier molecular flexibility index (Phi) is 44.0. The lowest BCUT2D eigenvalue weighted by Gasteiger charge is -2.18. The molecule has 0 spiro atoms. The Morgan fingerprint density at radius 1 is 0.362 bits per heavy atom. The van der Waals surface area contributed by atoms with Gasteiger partial charge in [0.1, 0.15) is 13.2 Å². The van der Waals surface area contributed by atoms with E-state index in [1.807, 2.05) is 0 Å². The molecule has 0 radical (unpaired) electrons. The van der Waals surface area contributed by atoms with Crippen LogP contribution in [0.4, 0.5) is 0 Å². The summed E-state index contributed by atoms with van der Waals surface area (Å²) in [7, 11) is 0. The third kappa shape index (κ3) is 44.0. The second kappa shape index (κ2) is 46.5. The molecule has 332 valence electrons. The Hall–Kier alpha value is -3.15. The van der Waals surface area contributed by atoms with Gasteiger partial charge in [-0.25, -0.2) is 0 Å². The van der Waals surface area contributed by atoms with E-state index in [4.69, 9.17) is 14.2 Å². The molecule has 0 heterocycles. The number of allylic oxidation sites excluding steroid dienone is 12. The molecular weight excluding hydrogens is 721 g/mol. The highest BCUT2D eigenvalue weighted by Gasteiger charge is 2.19. The lowest BCUT2D eigenvalue weighted by atomic mass is 10.1. The van der Waals surface area contributed by atoms with Crippen molar-refractivity contribution in [2.75, 3.05) is 13.2 Å². The number of carbonyl (C=O) groups is 3. The molecule has 0 aliphatic rings. The average molecular weight is 809 g/mol. The first-order valence-electron chi connectivity index (χ1n) is 23.9. The van der Waals surface area contributed by atoms with Gasteiger partial charge in [-0.2, -0.15) is 0 Å². The van der Waals surface area contributed by atoms with E-state index in [0.717, 1.165) is 89.9 Å². The number of ether oxygens (including phenoxy) is 3. The monoisotopic (exact) mass is 809 g/mol. The molecule has 0 aromatic rings. The summed E-state index contributed by atoms with van der Waals surface area (Å²) in [6, 6.07) is 0. The lowest BCUT2D eigenvalue weighted by Crippen LogP contribution is -2.30. The van der Waals surface area contributed by atoms with Crippen LogP contribution in [0.1, 0.15) is 220 Å². The molecule has 0 amide bonds. The molecule has 6 heteroatoms. The molecular formula is C52H88O6. The van der Waals surface area contributed by atoms with Gasteiger partial charge in [0.2, 0.25) is 0 Å². The van der Waals surface area contributed by atoms with Gasteiger partial charge in [0.05, 0.1) is 0 Å². The van der Waals surface area contributed by atoms with Gasteiger partial charge in [-0.05, 0) is 83.5 Å². The van der Waals surface area contributed by atoms with Gasteiger partial charge in [0.25, 0.3) is 0 Å². The standard InChI is InChI=1S/C52H88O6/c1-4-7-10-13-15-17-19-21-23-25-27-28-30-32-34-36-39-42-45-51(54)57-48-49(47-56-50(53)44-41-38-12-9-6-3)58-52(55)46-43-40-37-35-33-31-29-26-24-22-20-18-16-14-11-8-5-2/h8,11,16,18,22-25,29,31,35,37,49H,4-7,9-10,12-15,17,19-21,26-28,30,32-34,36,38-48H2,1-3H3/b11-8-,18-16-,24-22-,25-23-,31-29-,37-35-. The Morgan fingerprint density at radius 3 is 1.12 bits per heavy atom. The maximum atomic E-state index is 12.7. The van der Waals surface area contributed by atoms with E-state index in [1.165, 1.54) is 83.5 Å². The van der Waals surface area contributed by atoms with Crippen LogP contribution in [0.5, 0.6) is 0 Å². The normalized spacial score (nSPS) is 12.7. The van der Waals surface area contributed by atoms with Gasteiger partial charge < -0.3 is 14.2 Å². The van der Waals surface area contributed by atoms with Crippen LogP contribution in [0.25, 0.3) is 0 Å². The summed E-state index contributed by atoms with van der Waals surface area (Å²) < 4.78 is 16.6. The Labute approximate surface area is 357 Å². The third-order valence-corrected chi connectivity index (χ3v) is 9.95. The van der Waals surface area contributed by atoms with Crippen molar-refractivity contribution >= 4 is 17.9 Å². The highest BCUT2D eigenvalue weighted by Crippen LogP contribution is 2.13. The maximum absolute atomic E-state index is 12.7. The predicted molar refractivity (Wildman–Crippen MR) is 247 cm³/mol. The van der Waals surface area contributed by atoms with E-state index >= 15 is 0 Å². The van der Waals surface area contributed by atoms with E-state index in [2.05, 4.69) is 93.7 Å². The molecule has 58 heavy (non-hydrogen) atoms. The second-order valence-electron chi connectivity index (χ2n) is 15.6. The first kappa shape index (κ1) is 54.9. The summed E-state index contributed by atoms with van der Waals surface area (Å²) in [5, 5.41) is 0. The largest absolute Gasteiger partial charge is 0.462 e. The maximum Gasteiger partial charge on any atom is 0.306 e. The molecule has 0 aliphatic heterocycles. The highest BCUT2D eigenvalue weighted by molar-refractivity contribution is 5.71. The number of unbranched alkanes of at least 4 members (excludes halogenated alkanes) is 19. The zero-order valence-electron chi connectivity index (χ0n) is 37.8. The van der Waals surface area contributed by atoms with E-state index in [1.54, 1.807) is 0 Å². The van der Waals surface area contributed by atoms with Crippen LogP contribution >= 0.6 is 0 Å². The number of rotatable bonds is 42. The fraction of sp³-hybridized carbons (Fsp3) is 0.712. The van der Waals surface area contributed by atoms with Crippen molar-refractivity contribution in [1.29, 1.82) is 0 Å². The quantitative estimate of drug-likeness (QED) is 0.0264. The van der Waals surface area contributed by atoms with E-state index in [0.29, 0.717) is 19.3 Å². The molecule has 0 saturated heterocycles. The van der Waals surface area contributed by atoms with Gasteiger partial charge in [0, 0.05) is 19.3 Å². The van der Waals surface area contributed by atoms with Crippen LogP contribution in [0.15, 0.2) is 72.9 Å². The molecule has 1 unspecified atom stereocenters. The Balaban J connectivity index is 4.30. The van der Waals surface area contributed by atoms with Gasteiger partial charge in [0.15, 0.2) is 6.10 Å². The molecule has 0 aromatic carbocycles. The molecule has 0 saturated carbocycles. The summed E-state index contributed by atoms with van der Waals surface area (Å²) in [5.41, 5.74) is 0. The lowest BCUT2D eigenvalue weighted by molar-refractivity contribution is -0.167. The summed E-state index contributed by atoms with van der Waals surface area (Å²) in [6.45, 7) is 6.37. The zero-order valence-corrected chi connectivity index (χ0v) is 37.8. The number of esters is 3. The van der Waals surface area contributed by atoms with Crippen molar-refractivity contribution in [2.24, 2.45) is 0 Å². The summed E-state index contributed by atoms with van der Waals surface area (Å²) >= 11 is 0. The van der Waals surface area contributed by atoms with Crippen molar-refractivity contribution in [2.45, 2.75) is 226 Å². The number of hydrogen-bond acceptors (Lipinski definition) is 6. The first-order chi connectivity index (χ1) is 28.5. The topological polar surface area (TPSA) is 78.9 Å². The Bertz CT molecular complexity index is 1110. The Morgan fingerprint density at radius 2 is 0.690 bits per heavy atom. The van der Waals surface area contributed by atoms with Crippen LogP contribution in [0.2, 0.25) is 0 Å². The summed E-state index contributed by atoms with van der Waals surface area (Å²) in [5.74, 6) is -0.981. The van der Waals surface area contributed by atoms with Gasteiger partial charge >= 0.3 is 17.9 Å². The molecule has 1 atom stereocenters. The fourth-order valence-electron chi connectivity index (χ4n) is 6.35. The third-order valence-electron chi connectivity index (χ3n) is 9.95. The smallest absolute Gasteiger partial charge is 0.306 e. The van der Waals surface area contributed by atoms with Crippen LogP contribution < -0.4 is 0 Å². The van der Waals surface area contributed by atoms with Crippen LogP contribution in [0, 0.1) is 0 Å². The minimum atomic E-state index is -0.802. The van der Waals surface area contributed by atoms with Crippen molar-refractivity contribution in [3.63, 3.8) is 0 Å². The average Bonchev–Trinajstić information content (AvgIpc) is 3.22. The van der Waals surface area contributed by atoms with Crippen LogP contribution in [0.3, 0.4) is 0 Å². The van der Waals surface area contributed by atoms with Crippen molar-refractivity contribution < 1.29 is 28.6 Å². The van der Waals surface area contributed by atoms with Crippen molar-refractivity contribution in [3.8, 4) is 0 Å². The van der Waals surface area contributed by atoms with Gasteiger partial charge in [-0.3, -0.25) is 14.4 Å². The minimum Gasteiger partial charge on any atom is -0.462 e. The van der Waals surface area contributed by atoms with Crippen LogP contribution in [-0.4, -0.2) is 37.2 Å². The highest BCUT2D eigenvalue weighted by atomic mass is 16.6. The van der Waals surface area contributed by atoms with Crippen molar-refractivity contribution in [3.05, 3.63) is 72.9 Å². The molecule has 0 fully saturated rings. The molecule has 0 aliphatic carbocycles. The number of hydrogen-bond donors (Lipinski definition) is 0. The fourth-order valence-corrected chi connectivity index (χ4v) is 6.35.